The van der Waals surface area contributed by atoms with Crippen molar-refractivity contribution >= 4 is 22.6 Å². The van der Waals surface area contributed by atoms with Gasteiger partial charge in [0, 0.05) is 5.56 Å². The molecule has 1 aliphatic heterocycles. The molecule has 0 spiro atoms. The molecule has 34 heavy (non-hydrogen) atoms. The van der Waals surface area contributed by atoms with Crippen molar-refractivity contribution in [3.63, 3.8) is 0 Å². The molecule has 0 aliphatic carbocycles. The van der Waals surface area contributed by atoms with Crippen LogP contribution in [0.25, 0.3) is 0 Å². The minimum atomic E-state index is -1.51. The first-order chi connectivity index (χ1) is 16.2. The third kappa shape index (κ3) is 4.21. The van der Waals surface area contributed by atoms with Gasteiger partial charge < -0.3 is 14.4 Å². The van der Waals surface area contributed by atoms with E-state index in [0.29, 0.717) is 17.9 Å². The highest BCUT2D eigenvalue weighted by molar-refractivity contribution is 7.84. The first-order valence-electron chi connectivity index (χ1n) is 11.1. The minimum Gasteiger partial charge on any atom is -0.497 e. The highest BCUT2D eigenvalue weighted by atomic mass is 32.2. The first-order valence-corrected chi connectivity index (χ1v) is 12.2. The molecule has 6 nitrogen and oxygen atoms in total. The number of hydrogen-bond donors (Lipinski definition) is 1. The van der Waals surface area contributed by atoms with Crippen molar-refractivity contribution in [3.8, 4) is 11.5 Å². The van der Waals surface area contributed by atoms with Crippen molar-refractivity contribution in [2.45, 2.75) is 37.6 Å². The van der Waals surface area contributed by atoms with Crippen LogP contribution in [0.1, 0.15) is 37.5 Å². The molecule has 3 aromatic rings. The van der Waals surface area contributed by atoms with E-state index in [1.807, 2.05) is 93.6 Å². The van der Waals surface area contributed by atoms with Crippen molar-refractivity contribution < 1.29 is 18.5 Å². The van der Waals surface area contributed by atoms with E-state index in [4.69, 9.17) is 9.47 Å². The molecule has 1 heterocycles. The summed E-state index contributed by atoms with van der Waals surface area (Å²) in [5.41, 5.74) is 1.94. The van der Waals surface area contributed by atoms with E-state index < -0.39 is 21.3 Å². The second-order valence-corrected chi connectivity index (χ2v) is 11.2. The van der Waals surface area contributed by atoms with E-state index in [0.717, 1.165) is 22.6 Å². The van der Waals surface area contributed by atoms with Crippen LogP contribution >= 0.6 is 0 Å². The molecule has 4 rings (SSSR count). The van der Waals surface area contributed by atoms with Crippen LogP contribution in [0, 0.1) is 0 Å². The summed E-state index contributed by atoms with van der Waals surface area (Å²) >= 11 is 0. The van der Waals surface area contributed by atoms with E-state index in [9.17, 15) is 9.00 Å². The molecule has 7 heteroatoms. The topological polar surface area (TPSA) is 67.9 Å². The van der Waals surface area contributed by atoms with Crippen LogP contribution in [0.5, 0.6) is 11.5 Å². The summed E-state index contributed by atoms with van der Waals surface area (Å²) in [5, 5.41) is 0. The first kappa shape index (κ1) is 24.0. The molecule has 0 saturated heterocycles. The number of carbonyl (C=O) groups is 1. The van der Waals surface area contributed by atoms with Crippen LogP contribution in [-0.2, 0) is 27.9 Å². The van der Waals surface area contributed by atoms with Crippen molar-refractivity contribution in [2.75, 3.05) is 19.1 Å². The normalized spacial score (nSPS) is 18.5. The molecule has 0 fully saturated rings. The van der Waals surface area contributed by atoms with Crippen LogP contribution < -0.4 is 19.1 Å². The van der Waals surface area contributed by atoms with Crippen LogP contribution in [0.3, 0.4) is 0 Å². The quantitative estimate of drug-likeness (QED) is 0.541. The lowest BCUT2D eigenvalue weighted by Crippen LogP contribution is -2.54. The largest absolute Gasteiger partial charge is 0.497 e. The molecular weight excluding hydrogens is 448 g/mol. The molecule has 0 aromatic heterocycles. The van der Waals surface area contributed by atoms with Crippen molar-refractivity contribution in [1.82, 2.24) is 4.72 Å². The van der Waals surface area contributed by atoms with Gasteiger partial charge >= 0.3 is 0 Å². The lowest BCUT2D eigenvalue weighted by Gasteiger charge is -2.33. The predicted octanol–water partition coefficient (Wildman–Crippen LogP) is 4.55. The number of para-hydroxylation sites is 1. The zero-order valence-electron chi connectivity index (χ0n) is 20.1. The van der Waals surface area contributed by atoms with Crippen molar-refractivity contribution in [3.05, 3.63) is 89.5 Å². The van der Waals surface area contributed by atoms with E-state index in [1.165, 1.54) is 0 Å². The molecule has 2 atom stereocenters. The second kappa shape index (κ2) is 9.24. The van der Waals surface area contributed by atoms with Crippen molar-refractivity contribution in [1.29, 1.82) is 0 Å². The maximum Gasteiger partial charge on any atom is 0.257 e. The Morgan fingerprint density at radius 1 is 0.882 bits per heavy atom. The average Bonchev–Trinajstić information content (AvgIpc) is 3.07. The number of nitrogens with zero attached hydrogens (tertiary/aromatic N) is 1. The minimum absolute atomic E-state index is 0.174. The van der Waals surface area contributed by atoms with Crippen LogP contribution in [0.2, 0.25) is 0 Å². The molecule has 0 saturated carbocycles. The van der Waals surface area contributed by atoms with Crippen LogP contribution in [-0.4, -0.2) is 29.1 Å². The van der Waals surface area contributed by atoms with E-state index in [-0.39, 0.29) is 5.91 Å². The Morgan fingerprint density at radius 3 is 2.00 bits per heavy atom. The average molecular weight is 479 g/mol. The molecule has 0 radical (unpaired) electrons. The summed E-state index contributed by atoms with van der Waals surface area (Å²) in [5.74, 6) is 1.27. The van der Waals surface area contributed by atoms with Gasteiger partial charge in [-0.3, -0.25) is 4.79 Å². The predicted molar refractivity (Wildman–Crippen MR) is 135 cm³/mol. The van der Waals surface area contributed by atoms with Gasteiger partial charge in [0.1, 0.15) is 11.5 Å². The van der Waals surface area contributed by atoms with E-state index in [1.54, 1.807) is 19.1 Å². The third-order valence-electron chi connectivity index (χ3n) is 5.99. The fourth-order valence-corrected chi connectivity index (χ4v) is 4.99. The number of rotatable bonds is 7. The smallest absolute Gasteiger partial charge is 0.257 e. The lowest BCUT2D eigenvalue weighted by molar-refractivity contribution is -0.122. The maximum absolute atomic E-state index is 14.3. The number of methoxy groups -OCH3 is 2. The summed E-state index contributed by atoms with van der Waals surface area (Å²) in [7, 11) is 1.71. The molecule has 1 unspecified atom stereocenters. The SMILES string of the molecule is COc1ccc(CN2C(=O)[C@@](NS(=O)C(C)(C)C)(c3ccc(OC)cc3)c3ccccc32)cc1. The van der Waals surface area contributed by atoms with Gasteiger partial charge in [-0.25, -0.2) is 8.93 Å². The van der Waals surface area contributed by atoms with Gasteiger partial charge in [-0.2, -0.15) is 0 Å². The Balaban J connectivity index is 1.85. The van der Waals surface area contributed by atoms with Gasteiger partial charge in [-0.15, -0.1) is 0 Å². The number of benzene rings is 3. The molecule has 178 valence electrons. The number of nitrogens with one attached hydrogen (secondary N) is 1. The summed E-state index contributed by atoms with van der Waals surface area (Å²) in [6, 6.07) is 22.7. The molecular formula is C27H30N2O4S. The third-order valence-corrected chi connectivity index (χ3v) is 7.59. The van der Waals surface area contributed by atoms with Gasteiger partial charge in [0.2, 0.25) is 0 Å². The Bertz CT molecular complexity index is 1200. The summed E-state index contributed by atoms with van der Waals surface area (Å²) in [6.45, 7) is 6.04. The number of ether oxygens (including phenoxy) is 2. The monoisotopic (exact) mass is 478 g/mol. The lowest BCUT2D eigenvalue weighted by atomic mass is 9.85. The maximum atomic E-state index is 14.3. The Hall–Kier alpha value is -3.16. The Kier molecular flexibility index (Phi) is 6.51. The van der Waals surface area contributed by atoms with Gasteiger partial charge in [-0.05, 0) is 62.2 Å². The second-order valence-electron chi connectivity index (χ2n) is 9.22. The standard InChI is InChI=1S/C27H30N2O4S/c1-26(2,3)34(31)28-27(20-12-16-22(33-5)17-13-20)23-8-6-7-9-24(23)29(25(27)30)18-19-10-14-21(32-4)15-11-19/h6-17,28H,18H2,1-5H3/t27-,34?/m1/s1. The van der Waals surface area contributed by atoms with E-state index >= 15 is 0 Å². The molecule has 1 aliphatic rings. The summed E-state index contributed by atoms with van der Waals surface area (Å²) < 4.78 is 26.7. The zero-order valence-corrected chi connectivity index (χ0v) is 20.9. The highest BCUT2D eigenvalue weighted by Crippen LogP contribution is 2.46. The van der Waals surface area contributed by atoms with Gasteiger partial charge in [0.05, 0.1) is 42.2 Å². The van der Waals surface area contributed by atoms with Gasteiger partial charge in [0.15, 0.2) is 5.54 Å². The number of fused-ring (bicyclic) bond motifs is 1. The number of carbonyl (C=O) groups excluding carboxylic acids is 1. The number of amides is 1. The summed E-state index contributed by atoms with van der Waals surface area (Å²) in [6.07, 6.45) is 0. The number of anilines is 1. The highest BCUT2D eigenvalue weighted by Gasteiger charge is 2.53. The fraction of sp³-hybridized carbons (Fsp3) is 0.296. The summed E-state index contributed by atoms with van der Waals surface area (Å²) in [4.78, 5) is 16.1. The molecule has 3 aromatic carbocycles. The van der Waals surface area contributed by atoms with Crippen molar-refractivity contribution in [2.24, 2.45) is 0 Å². The zero-order chi connectivity index (χ0) is 24.5. The molecule has 1 amide bonds. The van der Waals surface area contributed by atoms with Gasteiger partial charge in [-0.1, -0.05) is 42.5 Å². The van der Waals surface area contributed by atoms with Crippen LogP contribution in [0.4, 0.5) is 5.69 Å². The van der Waals surface area contributed by atoms with E-state index in [2.05, 4.69) is 4.72 Å². The Labute approximate surface area is 203 Å². The molecule has 0 bridgehead atoms. The number of hydrogen-bond acceptors (Lipinski definition) is 4. The molecule has 1 N–H and O–H groups in total. The fourth-order valence-electron chi connectivity index (χ4n) is 4.09. The Morgan fingerprint density at radius 2 is 1.44 bits per heavy atom. The van der Waals surface area contributed by atoms with Crippen LogP contribution in [0.15, 0.2) is 72.8 Å². The van der Waals surface area contributed by atoms with Gasteiger partial charge in [0.25, 0.3) is 5.91 Å².